The summed E-state index contributed by atoms with van der Waals surface area (Å²) in [6.07, 6.45) is 0. The topological polar surface area (TPSA) is 56.4 Å². The summed E-state index contributed by atoms with van der Waals surface area (Å²) in [5.74, 6) is 0. The second-order valence-corrected chi connectivity index (χ2v) is 1.79. The second-order valence-electron chi connectivity index (χ2n) is 1.79. The molecule has 14 heavy (non-hydrogen) atoms. The van der Waals surface area contributed by atoms with Crippen molar-refractivity contribution in [2.75, 3.05) is 56.4 Å². The van der Waals surface area contributed by atoms with E-state index in [0.29, 0.717) is 0 Å². The first-order valence-corrected chi connectivity index (χ1v) is 3.58. The SMILES string of the molecule is C[N-]C.C[N-]C.C[N-]C.C[N-]C.[Zr+4].[Zr]. The number of rotatable bonds is 0. The van der Waals surface area contributed by atoms with Gasteiger partial charge in [-0.3, -0.25) is 0 Å². The molecule has 0 fully saturated rings. The molecule has 6 heteroatoms. The summed E-state index contributed by atoms with van der Waals surface area (Å²) >= 11 is 0. The van der Waals surface area contributed by atoms with Crippen molar-refractivity contribution in [3.63, 3.8) is 0 Å². The first kappa shape index (κ1) is 36.1. The average molecular weight is 359 g/mol. The van der Waals surface area contributed by atoms with Gasteiger partial charge in [-0.15, -0.1) is 0 Å². The quantitative estimate of drug-likeness (QED) is 0.639. The summed E-state index contributed by atoms with van der Waals surface area (Å²) in [5.41, 5.74) is 0. The maximum absolute atomic E-state index is 3.50. The molecule has 0 N–H and O–H groups in total. The molecule has 0 aromatic carbocycles. The fourth-order valence-electron chi connectivity index (χ4n) is 0. The first-order chi connectivity index (χ1) is 5.66. The molecule has 0 bridgehead atoms. The molecule has 0 aromatic rings. The third-order valence-electron chi connectivity index (χ3n) is 0. The minimum Gasteiger partial charge on any atom is -0.668 e. The van der Waals surface area contributed by atoms with E-state index in [1.165, 1.54) is 0 Å². The van der Waals surface area contributed by atoms with Gasteiger partial charge in [0.1, 0.15) is 0 Å². The molecule has 0 aliphatic heterocycles. The molecule has 0 unspecified atom stereocenters. The number of hydrogen-bond donors (Lipinski definition) is 0. The van der Waals surface area contributed by atoms with Gasteiger partial charge in [0.05, 0.1) is 0 Å². The Hall–Kier alpha value is 1.61. The van der Waals surface area contributed by atoms with Crippen molar-refractivity contribution in [2.24, 2.45) is 0 Å². The minimum atomic E-state index is 0. The predicted octanol–water partition coefficient (Wildman–Crippen LogP) is 2.47. The molecule has 0 saturated carbocycles. The van der Waals surface area contributed by atoms with Gasteiger partial charge in [-0.2, -0.15) is 56.4 Å². The summed E-state index contributed by atoms with van der Waals surface area (Å²) in [7, 11) is 14.0. The zero-order valence-electron chi connectivity index (χ0n) is 10.8. The third-order valence-corrected chi connectivity index (χ3v) is 0. The molecular weight excluding hydrogens is 335 g/mol. The van der Waals surface area contributed by atoms with E-state index in [2.05, 4.69) is 21.3 Å². The third kappa shape index (κ3) is 838. The summed E-state index contributed by atoms with van der Waals surface area (Å²) in [6.45, 7) is 0. The number of hydrogen-bond acceptors (Lipinski definition) is 0. The van der Waals surface area contributed by atoms with Gasteiger partial charge in [-0.1, -0.05) is 0 Å². The van der Waals surface area contributed by atoms with Crippen LogP contribution < -0.4 is 0 Å². The van der Waals surface area contributed by atoms with Gasteiger partial charge in [0, 0.05) is 26.2 Å². The van der Waals surface area contributed by atoms with Gasteiger partial charge >= 0.3 is 26.2 Å². The molecule has 0 aliphatic carbocycles. The van der Waals surface area contributed by atoms with Crippen LogP contribution >= 0.6 is 0 Å². The van der Waals surface area contributed by atoms with Gasteiger partial charge in [0.15, 0.2) is 0 Å². The molecular formula is C8H24N4Zr2. The molecule has 0 heterocycles. The van der Waals surface area contributed by atoms with Crippen molar-refractivity contribution in [3.05, 3.63) is 21.3 Å². The van der Waals surface area contributed by atoms with Crippen molar-refractivity contribution in [2.45, 2.75) is 0 Å². The van der Waals surface area contributed by atoms with Gasteiger partial charge in [0.2, 0.25) is 0 Å². The average Bonchev–Trinajstić information content (AvgIpc) is 1.92. The van der Waals surface area contributed by atoms with Crippen LogP contribution in [0.3, 0.4) is 0 Å². The van der Waals surface area contributed by atoms with E-state index in [-0.39, 0.29) is 52.4 Å². The van der Waals surface area contributed by atoms with Gasteiger partial charge in [-0.05, 0) is 0 Å². The molecule has 0 aliphatic rings. The minimum absolute atomic E-state index is 0. The fourth-order valence-corrected chi connectivity index (χ4v) is 0. The van der Waals surface area contributed by atoms with Crippen molar-refractivity contribution >= 4 is 0 Å². The Morgan fingerprint density at radius 2 is 0.429 bits per heavy atom. The normalized spacial score (nSPS) is 5.14. The summed E-state index contributed by atoms with van der Waals surface area (Å²) < 4.78 is 0. The van der Waals surface area contributed by atoms with E-state index in [1.807, 2.05) is 0 Å². The van der Waals surface area contributed by atoms with Crippen LogP contribution in [0.2, 0.25) is 0 Å². The van der Waals surface area contributed by atoms with Crippen molar-refractivity contribution < 1.29 is 52.4 Å². The Morgan fingerprint density at radius 3 is 0.429 bits per heavy atom. The van der Waals surface area contributed by atoms with Crippen LogP contribution in [-0.4, -0.2) is 56.4 Å². The standard InChI is InChI=1S/4C2H6N.2Zr/c4*1-3-2;;/h4*1-2H3;;/q4*-1;;+4. The van der Waals surface area contributed by atoms with Crippen LogP contribution in [-0.2, 0) is 52.4 Å². The maximum atomic E-state index is 3.50. The van der Waals surface area contributed by atoms with E-state index >= 15 is 0 Å². The summed E-state index contributed by atoms with van der Waals surface area (Å²) in [4.78, 5) is 0. The van der Waals surface area contributed by atoms with E-state index in [4.69, 9.17) is 0 Å². The van der Waals surface area contributed by atoms with E-state index in [9.17, 15) is 0 Å². The van der Waals surface area contributed by atoms with Crippen LogP contribution in [0.5, 0.6) is 0 Å². The van der Waals surface area contributed by atoms with Crippen molar-refractivity contribution in [1.82, 2.24) is 0 Å². The fraction of sp³-hybridized carbons (Fsp3) is 1.00. The van der Waals surface area contributed by atoms with Crippen LogP contribution in [0.15, 0.2) is 0 Å². The molecule has 0 amide bonds. The molecule has 4 nitrogen and oxygen atoms in total. The van der Waals surface area contributed by atoms with Gasteiger partial charge in [-0.25, -0.2) is 0 Å². The van der Waals surface area contributed by atoms with Crippen LogP contribution in [0, 0.1) is 0 Å². The molecule has 0 atom stereocenters. The first-order valence-electron chi connectivity index (χ1n) is 3.58. The van der Waals surface area contributed by atoms with Crippen molar-refractivity contribution in [1.29, 1.82) is 0 Å². The summed E-state index contributed by atoms with van der Waals surface area (Å²) in [5, 5.41) is 14.0. The predicted molar refractivity (Wildman–Crippen MR) is 60.8 cm³/mol. The molecule has 0 rings (SSSR count). The monoisotopic (exact) mass is 356 g/mol. The molecule has 0 radical (unpaired) electrons. The Labute approximate surface area is 129 Å². The zero-order chi connectivity index (χ0) is 10.8. The molecule has 0 saturated heterocycles. The van der Waals surface area contributed by atoms with Crippen LogP contribution in [0.4, 0.5) is 0 Å². The van der Waals surface area contributed by atoms with Gasteiger partial charge < -0.3 is 21.3 Å². The van der Waals surface area contributed by atoms with E-state index in [1.54, 1.807) is 56.4 Å². The largest absolute Gasteiger partial charge is 4.00 e. The maximum Gasteiger partial charge on any atom is 4.00 e. The Morgan fingerprint density at radius 1 is 0.429 bits per heavy atom. The molecule has 84 valence electrons. The Bertz CT molecular complexity index is 27.3. The van der Waals surface area contributed by atoms with E-state index in [0.717, 1.165) is 0 Å². The van der Waals surface area contributed by atoms with Gasteiger partial charge in [0.25, 0.3) is 0 Å². The zero-order valence-corrected chi connectivity index (χ0v) is 15.7. The Kier molecular flexibility index (Phi) is 222. The Balaban J connectivity index is -0.0000000145. The number of nitrogens with zero attached hydrogens (tertiary/aromatic N) is 4. The summed E-state index contributed by atoms with van der Waals surface area (Å²) in [6, 6.07) is 0. The van der Waals surface area contributed by atoms with Crippen molar-refractivity contribution in [3.8, 4) is 0 Å². The van der Waals surface area contributed by atoms with Crippen LogP contribution in [0.25, 0.3) is 21.3 Å². The second kappa shape index (κ2) is 86.0. The molecule has 0 spiro atoms. The van der Waals surface area contributed by atoms with Crippen LogP contribution in [0.1, 0.15) is 0 Å². The van der Waals surface area contributed by atoms with E-state index < -0.39 is 0 Å². The molecule has 0 aromatic heterocycles. The smallest absolute Gasteiger partial charge is 0.668 e.